The van der Waals surface area contributed by atoms with Crippen LogP contribution in [0.25, 0.3) is 0 Å². The van der Waals surface area contributed by atoms with E-state index in [1.54, 1.807) is 24.3 Å². The maximum Gasteiger partial charge on any atom is 0.269 e. The highest BCUT2D eigenvalue weighted by atomic mass is 32.2. The summed E-state index contributed by atoms with van der Waals surface area (Å²) in [5.41, 5.74) is 1.73. The van der Waals surface area contributed by atoms with Crippen LogP contribution in [0.4, 0.5) is 0 Å². The number of hydrogen-bond donors (Lipinski definition) is 1. The Morgan fingerprint density at radius 2 is 1.51 bits per heavy atom. The lowest BCUT2D eigenvalue weighted by Gasteiger charge is -2.39. The summed E-state index contributed by atoms with van der Waals surface area (Å²) in [5.74, 6) is 1.88. The lowest BCUT2D eigenvalue weighted by Crippen LogP contribution is -2.48. The first kappa shape index (κ1) is 29.6. The van der Waals surface area contributed by atoms with Gasteiger partial charge in [-0.1, -0.05) is 56.9 Å². The molecule has 0 radical (unpaired) electrons. The van der Waals surface area contributed by atoms with Crippen molar-refractivity contribution in [3.8, 4) is 11.5 Å². The van der Waals surface area contributed by atoms with Gasteiger partial charge in [0, 0.05) is 38.6 Å². The number of piperidine rings is 1. The Morgan fingerprint density at radius 3 is 2.08 bits per heavy atom. The maximum atomic E-state index is 13.3. The molecule has 0 spiro atoms. The molecule has 2 aromatic carbocycles. The van der Waals surface area contributed by atoms with Gasteiger partial charge < -0.3 is 9.64 Å². The van der Waals surface area contributed by atoms with E-state index >= 15 is 0 Å². The van der Waals surface area contributed by atoms with Crippen LogP contribution in [-0.4, -0.2) is 54.4 Å². The summed E-state index contributed by atoms with van der Waals surface area (Å²) in [6.07, 6.45) is 11.4. The summed E-state index contributed by atoms with van der Waals surface area (Å²) in [6.45, 7) is 5.97. The fourth-order valence-electron chi connectivity index (χ4n) is 5.91. The molecule has 0 atom stereocenters. The van der Waals surface area contributed by atoms with Crippen LogP contribution in [0.2, 0.25) is 0 Å². The van der Waals surface area contributed by atoms with Crippen LogP contribution >= 0.6 is 0 Å². The first-order valence-electron chi connectivity index (χ1n) is 14.6. The molecular formula is C31H44N2O5S. The normalized spacial score (nSPS) is 17.7. The first-order chi connectivity index (χ1) is 18.8. The highest BCUT2D eigenvalue weighted by Crippen LogP contribution is 2.29. The average Bonchev–Trinajstić information content (AvgIpc) is 2.92. The Bertz CT molecular complexity index is 1140. The molecule has 8 heteroatoms. The van der Waals surface area contributed by atoms with E-state index in [2.05, 4.69) is 28.9 Å². The van der Waals surface area contributed by atoms with E-state index in [9.17, 15) is 13.2 Å². The van der Waals surface area contributed by atoms with Gasteiger partial charge in [0.25, 0.3) is 10.1 Å². The SMILES string of the molecule is CCCCN(C(=O)CC1CCCCC1)C1CCN(Cc2ccc(Oc3ccc(CS(=O)(=O)O)cc3)cc2)CC1. The van der Waals surface area contributed by atoms with Gasteiger partial charge in [-0.15, -0.1) is 0 Å². The predicted molar refractivity (Wildman–Crippen MR) is 154 cm³/mol. The standard InChI is InChI=1S/C31H44N2O5S/c1-2-3-19-33(31(34)22-25-7-5-4-6-8-25)28-17-20-32(21-18-28)23-26-9-13-29(14-10-26)38-30-15-11-27(12-16-30)24-39(35,36)37/h9-16,25,28H,2-8,17-24H2,1H3,(H,35,36,37). The van der Waals surface area contributed by atoms with Gasteiger partial charge in [-0.25, -0.2) is 0 Å². The van der Waals surface area contributed by atoms with Crippen LogP contribution in [0.1, 0.15) is 82.3 Å². The fraction of sp³-hybridized carbons (Fsp3) is 0.581. The zero-order chi connectivity index (χ0) is 27.7. The van der Waals surface area contributed by atoms with Gasteiger partial charge >= 0.3 is 0 Å². The van der Waals surface area contributed by atoms with Crippen LogP contribution < -0.4 is 4.74 Å². The molecule has 1 N–H and O–H groups in total. The Balaban J connectivity index is 1.25. The Labute approximate surface area is 234 Å². The molecule has 1 aliphatic heterocycles. The Kier molecular flexibility index (Phi) is 10.8. The topological polar surface area (TPSA) is 87.2 Å². The number of carbonyl (C=O) groups is 1. The largest absolute Gasteiger partial charge is 0.457 e. The van der Waals surface area contributed by atoms with Crippen LogP contribution in [0.3, 0.4) is 0 Å². The van der Waals surface area contributed by atoms with Crippen LogP contribution in [-0.2, 0) is 27.2 Å². The van der Waals surface area contributed by atoms with E-state index in [-0.39, 0.29) is 0 Å². The molecule has 2 aromatic rings. The van der Waals surface area contributed by atoms with E-state index in [0.29, 0.717) is 34.9 Å². The van der Waals surface area contributed by atoms with Crippen molar-refractivity contribution in [3.05, 3.63) is 59.7 Å². The molecule has 2 aliphatic rings. The number of hydrogen-bond acceptors (Lipinski definition) is 5. The number of rotatable bonds is 12. The number of benzene rings is 2. The van der Waals surface area contributed by atoms with Gasteiger partial charge in [-0.2, -0.15) is 8.42 Å². The molecule has 0 unspecified atom stereocenters. The second-order valence-corrected chi connectivity index (χ2v) is 12.7. The quantitative estimate of drug-likeness (QED) is 0.303. The Hall–Kier alpha value is -2.42. The molecule has 214 valence electrons. The number of ether oxygens (including phenoxy) is 1. The summed E-state index contributed by atoms with van der Waals surface area (Å²) in [4.78, 5) is 18.0. The monoisotopic (exact) mass is 556 g/mol. The molecule has 39 heavy (non-hydrogen) atoms. The summed E-state index contributed by atoms with van der Waals surface area (Å²) in [6, 6.07) is 15.1. The van der Waals surface area contributed by atoms with Gasteiger partial charge in [0.2, 0.25) is 5.91 Å². The predicted octanol–water partition coefficient (Wildman–Crippen LogP) is 6.43. The minimum atomic E-state index is -4.05. The van der Waals surface area contributed by atoms with Crippen molar-refractivity contribution in [2.24, 2.45) is 5.92 Å². The minimum Gasteiger partial charge on any atom is -0.457 e. The van der Waals surface area contributed by atoms with Gasteiger partial charge in [-0.3, -0.25) is 14.2 Å². The molecule has 7 nitrogen and oxygen atoms in total. The first-order valence-corrected chi connectivity index (χ1v) is 16.2. The zero-order valence-electron chi connectivity index (χ0n) is 23.3. The van der Waals surface area contributed by atoms with Gasteiger partial charge in [0.05, 0.1) is 0 Å². The van der Waals surface area contributed by atoms with Crippen molar-refractivity contribution in [3.63, 3.8) is 0 Å². The summed E-state index contributed by atoms with van der Waals surface area (Å²) in [5, 5.41) is 0. The Morgan fingerprint density at radius 1 is 0.923 bits per heavy atom. The van der Waals surface area contributed by atoms with Crippen LogP contribution in [0.15, 0.2) is 48.5 Å². The lowest BCUT2D eigenvalue weighted by atomic mass is 9.86. The maximum absolute atomic E-state index is 13.3. The number of likely N-dealkylation sites (tertiary alicyclic amines) is 1. The lowest BCUT2D eigenvalue weighted by molar-refractivity contribution is -0.136. The second-order valence-electron chi connectivity index (χ2n) is 11.3. The van der Waals surface area contributed by atoms with E-state index in [1.165, 1.54) is 37.7 Å². The van der Waals surface area contributed by atoms with Crippen molar-refractivity contribution in [1.29, 1.82) is 0 Å². The van der Waals surface area contributed by atoms with Gasteiger partial charge in [0.15, 0.2) is 0 Å². The third kappa shape index (κ3) is 9.62. The van der Waals surface area contributed by atoms with E-state index < -0.39 is 15.9 Å². The van der Waals surface area contributed by atoms with Crippen molar-refractivity contribution in [1.82, 2.24) is 9.80 Å². The van der Waals surface area contributed by atoms with E-state index in [4.69, 9.17) is 9.29 Å². The van der Waals surface area contributed by atoms with Crippen LogP contribution in [0, 0.1) is 5.92 Å². The number of nitrogens with zero attached hydrogens (tertiary/aromatic N) is 2. The second kappa shape index (κ2) is 14.3. The molecule has 1 heterocycles. The number of unbranched alkanes of at least 4 members (excludes halogenated alkanes) is 1. The van der Waals surface area contributed by atoms with Crippen molar-refractivity contribution in [2.75, 3.05) is 19.6 Å². The molecule has 1 saturated carbocycles. The number of amides is 1. The van der Waals surface area contributed by atoms with Crippen LogP contribution in [0.5, 0.6) is 11.5 Å². The molecule has 1 amide bonds. The van der Waals surface area contributed by atoms with Gasteiger partial charge in [-0.05, 0) is 73.4 Å². The summed E-state index contributed by atoms with van der Waals surface area (Å²) >= 11 is 0. The zero-order valence-corrected chi connectivity index (χ0v) is 24.1. The average molecular weight is 557 g/mol. The van der Waals surface area contributed by atoms with Gasteiger partial charge in [0.1, 0.15) is 17.3 Å². The smallest absolute Gasteiger partial charge is 0.269 e. The van der Waals surface area contributed by atoms with E-state index in [0.717, 1.165) is 58.3 Å². The highest BCUT2D eigenvalue weighted by molar-refractivity contribution is 7.85. The molecule has 4 rings (SSSR count). The highest BCUT2D eigenvalue weighted by Gasteiger charge is 2.29. The molecular weight excluding hydrogens is 512 g/mol. The third-order valence-electron chi connectivity index (χ3n) is 8.10. The molecule has 1 aliphatic carbocycles. The van der Waals surface area contributed by atoms with E-state index in [1.807, 2.05) is 12.1 Å². The summed E-state index contributed by atoms with van der Waals surface area (Å²) < 4.78 is 37.0. The van der Waals surface area contributed by atoms with Crippen molar-refractivity contribution >= 4 is 16.0 Å². The molecule has 2 fully saturated rings. The molecule has 0 bridgehead atoms. The molecule has 1 saturated heterocycles. The summed E-state index contributed by atoms with van der Waals surface area (Å²) in [7, 11) is -4.05. The molecule has 0 aromatic heterocycles. The fourth-order valence-corrected chi connectivity index (χ4v) is 6.52. The van der Waals surface area contributed by atoms with Crippen molar-refractivity contribution in [2.45, 2.75) is 89.5 Å². The third-order valence-corrected chi connectivity index (χ3v) is 8.79. The minimum absolute atomic E-state index is 0.364. The van der Waals surface area contributed by atoms with Crippen molar-refractivity contribution < 1.29 is 22.5 Å². The number of carbonyl (C=O) groups excluding carboxylic acids is 1.